The fraction of sp³-hybridized carbons (Fsp3) is 0.600. The van der Waals surface area contributed by atoms with E-state index in [2.05, 4.69) is 0 Å². The minimum atomic E-state index is -1.74. The van der Waals surface area contributed by atoms with Crippen LogP contribution in [0.3, 0.4) is 0 Å². The molecule has 0 saturated heterocycles. The minimum Gasteiger partial charge on any atom is -0.481 e. The molecule has 0 aliphatic carbocycles. The average molecular weight is 420 g/mol. The summed E-state index contributed by atoms with van der Waals surface area (Å²) < 4.78 is 0. The van der Waals surface area contributed by atoms with Crippen molar-refractivity contribution < 1.29 is 49.2 Å². The third kappa shape index (κ3) is 9.48. The second-order valence-corrected chi connectivity index (χ2v) is 6.16. The van der Waals surface area contributed by atoms with Crippen LogP contribution in [-0.4, -0.2) is 86.3 Å². The number of carbonyl (C=O) groups excluding carboxylic acids is 3. The number of hydrogen-bond acceptors (Lipinski definition) is 8. The Hall–Kier alpha value is -3.26. The summed E-state index contributed by atoms with van der Waals surface area (Å²) in [5.41, 5.74) is 5.35. The molecule has 0 aromatic carbocycles. The Morgan fingerprint density at radius 1 is 0.793 bits per heavy atom. The molecule has 0 aliphatic rings. The van der Waals surface area contributed by atoms with Gasteiger partial charge in [-0.2, -0.15) is 0 Å². The van der Waals surface area contributed by atoms with Gasteiger partial charge in [-0.25, -0.2) is 0 Å². The highest BCUT2D eigenvalue weighted by Gasteiger charge is 2.33. The molecule has 0 aromatic heterocycles. The highest BCUT2D eigenvalue weighted by atomic mass is 16.4. The van der Waals surface area contributed by atoms with Crippen LogP contribution in [0, 0.1) is 0 Å². The number of aliphatic carboxylic acids is 3. The van der Waals surface area contributed by atoms with Crippen LogP contribution in [-0.2, 0) is 28.8 Å². The van der Waals surface area contributed by atoms with Gasteiger partial charge in [-0.1, -0.05) is 0 Å². The molecular formula is C15H24N4O10. The van der Waals surface area contributed by atoms with Gasteiger partial charge in [0.1, 0.15) is 18.1 Å². The minimum absolute atomic E-state index is 0.779. The summed E-state index contributed by atoms with van der Waals surface area (Å²) in [6, 6.07) is -6.32. The van der Waals surface area contributed by atoms with E-state index in [1.54, 1.807) is 0 Å². The van der Waals surface area contributed by atoms with Crippen LogP contribution in [0.4, 0.5) is 0 Å². The molecule has 0 saturated carbocycles. The lowest BCUT2D eigenvalue weighted by atomic mass is 10.1. The highest BCUT2D eigenvalue weighted by Crippen LogP contribution is 2.01. The number of carboxylic acid groups (broad SMARTS) is 3. The van der Waals surface area contributed by atoms with Crippen molar-refractivity contribution in [1.82, 2.24) is 16.0 Å². The molecule has 5 unspecified atom stereocenters. The maximum atomic E-state index is 12.3. The fourth-order valence-corrected chi connectivity index (χ4v) is 1.97. The molecular weight excluding hydrogens is 396 g/mol. The summed E-state index contributed by atoms with van der Waals surface area (Å²) >= 11 is 0. The molecule has 29 heavy (non-hydrogen) atoms. The first-order chi connectivity index (χ1) is 13.3. The van der Waals surface area contributed by atoms with Gasteiger partial charge in [0.05, 0.1) is 25.0 Å². The SMILES string of the molecule is CC(NC(=O)C(NC(=O)C(CC(=O)O)NC(=O)C(N)CC(=O)O)C(C)O)C(=O)O. The largest absolute Gasteiger partial charge is 0.481 e. The van der Waals surface area contributed by atoms with E-state index in [0.29, 0.717) is 0 Å². The zero-order chi connectivity index (χ0) is 22.9. The first-order valence-corrected chi connectivity index (χ1v) is 8.27. The highest BCUT2D eigenvalue weighted by molar-refractivity contribution is 5.96. The lowest BCUT2D eigenvalue weighted by molar-refractivity contribution is -0.144. The Bertz CT molecular complexity index is 665. The second-order valence-electron chi connectivity index (χ2n) is 6.16. The molecule has 164 valence electrons. The lowest BCUT2D eigenvalue weighted by Crippen LogP contribution is -2.59. The maximum Gasteiger partial charge on any atom is 0.325 e. The summed E-state index contributed by atoms with van der Waals surface area (Å²) in [5.74, 6) is -7.65. The molecule has 0 radical (unpaired) electrons. The molecule has 5 atom stereocenters. The van der Waals surface area contributed by atoms with Gasteiger partial charge in [-0.3, -0.25) is 28.8 Å². The molecule has 14 nitrogen and oxygen atoms in total. The number of aliphatic hydroxyl groups is 1. The van der Waals surface area contributed by atoms with Gasteiger partial charge in [0.15, 0.2) is 0 Å². The number of nitrogens with two attached hydrogens (primary N) is 1. The predicted octanol–water partition coefficient (Wildman–Crippen LogP) is -3.80. The Morgan fingerprint density at radius 3 is 1.72 bits per heavy atom. The fourth-order valence-electron chi connectivity index (χ4n) is 1.97. The molecule has 0 bridgehead atoms. The third-order valence-corrected chi connectivity index (χ3v) is 3.53. The number of hydrogen-bond donors (Lipinski definition) is 8. The van der Waals surface area contributed by atoms with Crippen molar-refractivity contribution >= 4 is 35.6 Å². The molecule has 9 N–H and O–H groups in total. The van der Waals surface area contributed by atoms with Gasteiger partial charge in [0.2, 0.25) is 17.7 Å². The molecule has 0 fully saturated rings. The first-order valence-electron chi connectivity index (χ1n) is 8.27. The van der Waals surface area contributed by atoms with Crippen LogP contribution in [0.25, 0.3) is 0 Å². The van der Waals surface area contributed by atoms with Crippen molar-refractivity contribution in [2.75, 3.05) is 0 Å². The maximum absolute atomic E-state index is 12.3. The number of nitrogens with one attached hydrogen (secondary N) is 3. The molecule has 0 spiro atoms. The van der Waals surface area contributed by atoms with Crippen LogP contribution < -0.4 is 21.7 Å². The zero-order valence-electron chi connectivity index (χ0n) is 15.6. The van der Waals surface area contributed by atoms with Crippen LogP contribution >= 0.6 is 0 Å². The van der Waals surface area contributed by atoms with Gasteiger partial charge in [0, 0.05) is 0 Å². The van der Waals surface area contributed by atoms with Crippen molar-refractivity contribution in [3.63, 3.8) is 0 Å². The van der Waals surface area contributed by atoms with E-state index in [9.17, 15) is 33.9 Å². The number of amides is 3. The summed E-state index contributed by atoms with van der Waals surface area (Å²) in [6.45, 7) is 2.25. The molecule has 0 aromatic rings. The number of carbonyl (C=O) groups is 6. The quantitative estimate of drug-likeness (QED) is 0.152. The summed E-state index contributed by atoms with van der Waals surface area (Å²) in [4.78, 5) is 68.7. The normalized spacial score (nSPS) is 15.7. The summed E-state index contributed by atoms with van der Waals surface area (Å²) in [6.07, 6.45) is -3.22. The topological polar surface area (TPSA) is 245 Å². The van der Waals surface area contributed by atoms with E-state index < -0.39 is 78.7 Å². The van der Waals surface area contributed by atoms with Crippen LogP contribution in [0.15, 0.2) is 0 Å². The molecule has 0 aliphatic heterocycles. The van der Waals surface area contributed by atoms with E-state index >= 15 is 0 Å². The van der Waals surface area contributed by atoms with E-state index in [1.807, 2.05) is 16.0 Å². The lowest BCUT2D eigenvalue weighted by Gasteiger charge is -2.25. The second kappa shape index (κ2) is 11.6. The van der Waals surface area contributed by atoms with E-state index in [0.717, 1.165) is 13.8 Å². The summed E-state index contributed by atoms with van der Waals surface area (Å²) in [5, 5.41) is 42.1. The zero-order valence-corrected chi connectivity index (χ0v) is 15.6. The number of aliphatic hydroxyl groups excluding tert-OH is 1. The molecule has 0 heterocycles. The van der Waals surface area contributed by atoms with E-state index in [-0.39, 0.29) is 0 Å². The monoisotopic (exact) mass is 420 g/mol. The Labute approximate surface area is 164 Å². The molecule has 0 rings (SSSR count). The van der Waals surface area contributed by atoms with Gasteiger partial charge < -0.3 is 42.1 Å². The van der Waals surface area contributed by atoms with Gasteiger partial charge in [-0.15, -0.1) is 0 Å². The van der Waals surface area contributed by atoms with Crippen molar-refractivity contribution in [3.8, 4) is 0 Å². The Kier molecular flexibility index (Phi) is 10.3. The first kappa shape index (κ1) is 25.7. The number of carboxylic acids is 3. The predicted molar refractivity (Wildman–Crippen MR) is 93.3 cm³/mol. The van der Waals surface area contributed by atoms with Crippen molar-refractivity contribution in [2.45, 2.75) is 57.0 Å². The molecule has 14 heteroatoms. The van der Waals surface area contributed by atoms with Gasteiger partial charge >= 0.3 is 17.9 Å². The van der Waals surface area contributed by atoms with Gasteiger partial charge in [-0.05, 0) is 13.8 Å². The van der Waals surface area contributed by atoms with Crippen molar-refractivity contribution in [2.24, 2.45) is 5.73 Å². The smallest absolute Gasteiger partial charge is 0.325 e. The van der Waals surface area contributed by atoms with Gasteiger partial charge in [0.25, 0.3) is 0 Å². The third-order valence-electron chi connectivity index (χ3n) is 3.53. The average Bonchev–Trinajstić information content (AvgIpc) is 2.56. The van der Waals surface area contributed by atoms with E-state index in [4.69, 9.17) is 21.1 Å². The standard InChI is InChI=1S/C15H24N4O10/c1-5(15(28)29)17-14(27)11(6(2)20)19-13(26)8(4-10(23)24)18-12(25)7(16)3-9(21)22/h5-8,11,20H,3-4,16H2,1-2H3,(H,17,27)(H,18,25)(H,19,26)(H,21,22)(H,23,24)(H,28,29). The number of rotatable bonds is 12. The van der Waals surface area contributed by atoms with Crippen molar-refractivity contribution in [3.05, 3.63) is 0 Å². The Balaban J connectivity index is 5.32. The van der Waals surface area contributed by atoms with Crippen molar-refractivity contribution in [1.29, 1.82) is 0 Å². The van der Waals surface area contributed by atoms with Crippen LogP contribution in [0.5, 0.6) is 0 Å². The Morgan fingerprint density at radius 2 is 1.31 bits per heavy atom. The van der Waals surface area contributed by atoms with Crippen LogP contribution in [0.2, 0.25) is 0 Å². The molecule has 3 amide bonds. The van der Waals surface area contributed by atoms with Crippen LogP contribution in [0.1, 0.15) is 26.7 Å². The van der Waals surface area contributed by atoms with E-state index in [1.165, 1.54) is 0 Å². The summed E-state index contributed by atoms with van der Waals surface area (Å²) in [7, 11) is 0.